The van der Waals surface area contributed by atoms with Crippen molar-refractivity contribution < 1.29 is 19.1 Å². The molecule has 1 amide bonds. The maximum Gasteiger partial charge on any atom is 0.337 e. The van der Waals surface area contributed by atoms with Crippen LogP contribution in [-0.4, -0.2) is 33.1 Å². The van der Waals surface area contributed by atoms with E-state index in [9.17, 15) is 9.59 Å². The molecule has 0 bridgehead atoms. The van der Waals surface area contributed by atoms with E-state index in [0.29, 0.717) is 11.3 Å². The van der Waals surface area contributed by atoms with Gasteiger partial charge >= 0.3 is 5.97 Å². The molecule has 0 radical (unpaired) electrons. The van der Waals surface area contributed by atoms with Gasteiger partial charge in [-0.2, -0.15) is 0 Å². The predicted molar refractivity (Wildman–Crippen MR) is 107 cm³/mol. The Balaban J connectivity index is 2.01. The molecular formula is C23H21NO4. The van der Waals surface area contributed by atoms with Crippen molar-refractivity contribution in [1.82, 2.24) is 0 Å². The van der Waals surface area contributed by atoms with Gasteiger partial charge in [0.15, 0.2) is 0 Å². The van der Waals surface area contributed by atoms with Gasteiger partial charge in [0.2, 0.25) is 5.91 Å². The van der Waals surface area contributed by atoms with Crippen LogP contribution < -0.4 is 9.64 Å². The normalized spacial score (nSPS) is 22.8. The van der Waals surface area contributed by atoms with Crippen molar-refractivity contribution >= 4 is 17.6 Å². The zero-order valence-electron chi connectivity index (χ0n) is 16.0. The first kappa shape index (κ1) is 18.0. The monoisotopic (exact) mass is 375 g/mol. The summed E-state index contributed by atoms with van der Waals surface area (Å²) in [5, 5.41) is 0. The second kappa shape index (κ2) is 6.68. The highest BCUT2D eigenvalue weighted by molar-refractivity contribution is 6.12. The molecule has 5 heteroatoms. The lowest BCUT2D eigenvalue weighted by Gasteiger charge is -2.35. The molecule has 2 aromatic carbocycles. The van der Waals surface area contributed by atoms with E-state index in [1.54, 1.807) is 31.2 Å². The fourth-order valence-corrected chi connectivity index (χ4v) is 4.22. The average molecular weight is 375 g/mol. The van der Waals surface area contributed by atoms with Crippen LogP contribution in [0.15, 0.2) is 72.3 Å². The maximum absolute atomic E-state index is 13.6. The highest BCUT2D eigenvalue weighted by Gasteiger charge is 2.54. The molecule has 4 rings (SSSR count). The highest BCUT2D eigenvalue weighted by atomic mass is 16.5. The second-order valence-corrected chi connectivity index (χ2v) is 6.95. The molecule has 142 valence electrons. The molecule has 0 saturated heterocycles. The minimum absolute atomic E-state index is 0.0876. The molecule has 1 aliphatic carbocycles. The van der Waals surface area contributed by atoms with Crippen LogP contribution in [0.2, 0.25) is 0 Å². The molecule has 1 aliphatic heterocycles. The van der Waals surface area contributed by atoms with E-state index in [0.717, 1.165) is 16.8 Å². The number of nitrogens with zero attached hydrogens (tertiary/aromatic N) is 1. The van der Waals surface area contributed by atoms with Crippen LogP contribution in [0.25, 0.3) is 0 Å². The molecule has 0 aromatic heterocycles. The van der Waals surface area contributed by atoms with E-state index < -0.39 is 11.4 Å². The Morgan fingerprint density at radius 3 is 2.54 bits per heavy atom. The zero-order chi connectivity index (χ0) is 19.9. The van der Waals surface area contributed by atoms with Gasteiger partial charge in [0.1, 0.15) is 11.2 Å². The van der Waals surface area contributed by atoms with Gasteiger partial charge in [-0.15, -0.1) is 0 Å². The summed E-state index contributed by atoms with van der Waals surface area (Å²) in [4.78, 5) is 27.6. The zero-order valence-corrected chi connectivity index (χ0v) is 16.0. The van der Waals surface area contributed by atoms with E-state index in [-0.39, 0.29) is 11.8 Å². The molecule has 0 N–H and O–H groups in total. The summed E-state index contributed by atoms with van der Waals surface area (Å²) in [6, 6.07) is 15.4. The van der Waals surface area contributed by atoms with Crippen LogP contribution in [0.1, 0.15) is 17.0 Å². The van der Waals surface area contributed by atoms with Gasteiger partial charge in [0.05, 0.1) is 19.8 Å². The van der Waals surface area contributed by atoms with E-state index >= 15 is 0 Å². The summed E-state index contributed by atoms with van der Waals surface area (Å²) < 4.78 is 10.3. The van der Waals surface area contributed by atoms with Gasteiger partial charge in [0.25, 0.3) is 0 Å². The largest absolute Gasteiger partial charge is 0.497 e. The van der Waals surface area contributed by atoms with Gasteiger partial charge in [-0.25, -0.2) is 4.79 Å². The van der Waals surface area contributed by atoms with Gasteiger partial charge in [-0.1, -0.05) is 42.5 Å². The first-order valence-electron chi connectivity index (χ1n) is 9.04. The van der Waals surface area contributed by atoms with E-state index in [2.05, 4.69) is 0 Å². The standard InChI is InChI=1S/C23H21NO4/c1-24-20-12-10-17(27-2)13-19(20)23(22(24)26)14-16(21(25)28-3)9-11-18(23)15-7-5-4-6-8-15/h4-14,18H,1-3H3/t18-,23-/m0/s1. The highest BCUT2D eigenvalue weighted by Crippen LogP contribution is 2.53. The molecular weight excluding hydrogens is 354 g/mol. The Labute approximate surface area is 163 Å². The number of fused-ring (bicyclic) bond motifs is 2. The Bertz CT molecular complexity index is 1010. The number of hydrogen-bond donors (Lipinski definition) is 0. The van der Waals surface area contributed by atoms with Gasteiger partial charge in [-0.05, 0) is 35.4 Å². The van der Waals surface area contributed by atoms with E-state index in [1.165, 1.54) is 7.11 Å². The Morgan fingerprint density at radius 1 is 1.11 bits per heavy atom. The van der Waals surface area contributed by atoms with Crippen molar-refractivity contribution in [3.63, 3.8) is 0 Å². The van der Waals surface area contributed by atoms with Crippen molar-refractivity contribution in [2.24, 2.45) is 0 Å². The number of rotatable bonds is 3. The first-order valence-corrected chi connectivity index (χ1v) is 9.04. The molecule has 1 heterocycles. The number of likely N-dealkylation sites (N-methyl/N-ethyl adjacent to an activating group) is 1. The molecule has 0 saturated carbocycles. The summed E-state index contributed by atoms with van der Waals surface area (Å²) in [6.45, 7) is 0. The van der Waals surface area contributed by atoms with E-state index in [4.69, 9.17) is 9.47 Å². The van der Waals surface area contributed by atoms with Crippen LogP contribution in [0.4, 0.5) is 5.69 Å². The number of allylic oxidation sites excluding steroid dienone is 1. The number of hydrogen-bond acceptors (Lipinski definition) is 4. The first-order chi connectivity index (χ1) is 13.5. The molecule has 2 aliphatic rings. The Hall–Kier alpha value is -3.34. The number of carbonyl (C=O) groups excluding carboxylic acids is 2. The van der Waals surface area contributed by atoms with Gasteiger partial charge in [-0.3, -0.25) is 4.79 Å². The number of methoxy groups -OCH3 is 2. The summed E-state index contributed by atoms with van der Waals surface area (Å²) in [7, 11) is 4.70. The SMILES string of the molecule is COC(=O)C1=C[C@]2(C(=O)N(C)c3ccc(OC)cc32)[C@H](c2ccccc2)C=C1. The van der Waals surface area contributed by atoms with Crippen molar-refractivity contribution in [2.75, 3.05) is 26.2 Å². The summed E-state index contributed by atoms with van der Waals surface area (Å²) in [5.41, 5.74) is 1.95. The van der Waals surface area contributed by atoms with Gasteiger partial charge < -0.3 is 14.4 Å². The third-order valence-corrected chi connectivity index (χ3v) is 5.59. The Kier molecular flexibility index (Phi) is 4.30. The number of ether oxygens (including phenoxy) is 2. The number of esters is 1. The van der Waals surface area contributed by atoms with Crippen molar-refractivity contribution in [2.45, 2.75) is 11.3 Å². The minimum atomic E-state index is -1.04. The van der Waals surface area contributed by atoms with Crippen molar-refractivity contribution in [3.05, 3.63) is 83.5 Å². The molecule has 2 aromatic rings. The molecule has 0 fully saturated rings. The quantitative estimate of drug-likeness (QED) is 0.772. The fourth-order valence-electron chi connectivity index (χ4n) is 4.22. The third kappa shape index (κ3) is 2.47. The number of amides is 1. The molecule has 1 spiro atoms. The Morgan fingerprint density at radius 2 is 1.86 bits per heavy atom. The lowest BCUT2D eigenvalue weighted by molar-refractivity contribution is -0.135. The number of carbonyl (C=O) groups is 2. The maximum atomic E-state index is 13.6. The van der Waals surface area contributed by atoms with Crippen LogP contribution in [0.5, 0.6) is 5.75 Å². The summed E-state index contributed by atoms with van der Waals surface area (Å²) >= 11 is 0. The van der Waals surface area contributed by atoms with Crippen LogP contribution in [0, 0.1) is 0 Å². The second-order valence-electron chi connectivity index (χ2n) is 6.95. The topological polar surface area (TPSA) is 55.8 Å². The molecule has 28 heavy (non-hydrogen) atoms. The van der Waals surface area contributed by atoms with Crippen molar-refractivity contribution in [3.8, 4) is 5.75 Å². The van der Waals surface area contributed by atoms with E-state index in [1.807, 2.05) is 54.6 Å². The number of anilines is 1. The average Bonchev–Trinajstić information content (AvgIpc) is 2.95. The smallest absolute Gasteiger partial charge is 0.337 e. The fraction of sp³-hybridized carbons (Fsp3) is 0.217. The summed E-state index contributed by atoms with van der Waals surface area (Å²) in [5.74, 6) is -0.148. The lowest BCUT2D eigenvalue weighted by atomic mass is 9.65. The molecule has 5 nitrogen and oxygen atoms in total. The lowest BCUT2D eigenvalue weighted by Crippen LogP contribution is -2.43. The van der Waals surface area contributed by atoms with Crippen molar-refractivity contribution in [1.29, 1.82) is 0 Å². The predicted octanol–water partition coefficient (Wildman–Crippen LogP) is 3.36. The minimum Gasteiger partial charge on any atom is -0.497 e. The van der Waals surface area contributed by atoms with Crippen LogP contribution >= 0.6 is 0 Å². The van der Waals surface area contributed by atoms with Crippen LogP contribution in [0.3, 0.4) is 0 Å². The summed E-state index contributed by atoms with van der Waals surface area (Å²) in [6.07, 6.45) is 5.41. The number of benzene rings is 2. The molecule has 2 atom stereocenters. The van der Waals surface area contributed by atoms with Gasteiger partial charge in [0, 0.05) is 18.7 Å². The third-order valence-electron chi connectivity index (χ3n) is 5.59. The van der Waals surface area contributed by atoms with Crippen LogP contribution in [-0.2, 0) is 19.7 Å². The molecule has 0 unspecified atom stereocenters.